The average molecular weight is 280 g/mol. The van der Waals surface area contributed by atoms with Crippen molar-refractivity contribution in [1.82, 2.24) is 0 Å². The van der Waals surface area contributed by atoms with Crippen LogP contribution in [0.25, 0.3) is 0 Å². The van der Waals surface area contributed by atoms with Gasteiger partial charge in [-0.15, -0.1) is 0 Å². The van der Waals surface area contributed by atoms with E-state index in [0.717, 1.165) is 29.8 Å². The van der Waals surface area contributed by atoms with Crippen LogP contribution < -0.4 is 11.1 Å². The number of hydrogen-bond donors (Lipinski definition) is 2. The Bertz CT molecular complexity index is 685. The van der Waals surface area contributed by atoms with Crippen molar-refractivity contribution in [3.63, 3.8) is 0 Å². The highest BCUT2D eigenvalue weighted by molar-refractivity contribution is 6.01. The number of hydrogen-bond acceptors (Lipinski definition) is 2. The fourth-order valence-corrected chi connectivity index (χ4v) is 2.64. The summed E-state index contributed by atoms with van der Waals surface area (Å²) in [5, 5.41) is 3.06. The minimum Gasteiger partial charge on any atom is -0.399 e. The van der Waals surface area contributed by atoms with Gasteiger partial charge >= 0.3 is 0 Å². The molecule has 108 valence electrons. The summed E-state index contributed by atoms with van der Waals surface area (Å²) in [6, 6.07) is 13.7. The predicted molar refractivity (Wildman–Crippen MR) is 86.3 cm³/mol. The minimum absolute atomic E-state index is 0.0792. The first-order valence-electron chi connectivity index (χ1n) is 7.26. The molecule has 0 heterocycles. The Hall–Kier alpha value is -2.29. The summed E-state index contributed by atoms with van der Waals surface area (Å²) in [5.41, 5.74) is 10.4. The molecule has 1 fully saturated rings. The molecule has 1 amide bonds. The van der Waals surface area contributed by atoms with Gasteiger partial charge in [0.2, 0.25) is 5.91 Å². The zero-order valence-corrected chi connectivity index (χ0v) is 12.4. The van der Waals surface area contributed by atoms with Crippen molar-refractivity contribution < 1.29 is 4.79 Å². The number of carbonyl (C=O) groups excluding carboxylic acids is 1. The monoisotopic (exact) mass is 280 g/mol. The third-order valence-electron chi connectivity index (χ3n) is 4.41. The van der Waals surface area contributed by atoms with Gasteiger partial charge < -0.3 is 11.1 Å². The lowest BCUT2D eigenvalue weighted by Crippen LogP contribution is -2.27. The first-order valence-corrected chi connectivity index (χ1v) is 7.26. The molecule has 1 aliphatic rings. The Balaban J connectivity index is 1.81. The quantitative estimate of drug-likeness (QED) is 0.845. The van der Waals surface area contributed by atoms with Crippen LogP contribution in [0.3, 0.4) is 0 Å². The molecule has 2 aromatic carbocycles. The molecule has 0 radical (unpaired) electrons. The van der Waals surface area contributed by atoms with Gasteiger partial charge in [0.25, 0.3) is 0 Å². The molecule has 0 aliphatic heterocycles. The fourth-order valence-electron chi connectivity index (χ4n) is 2.64. The molecule has 0 atom stereocenters. The molecule has 0 aromatic heterocycles. The summed E-state index contributed by atoms with van der Waals surface area (Å²) < 4.78 is 0. The number of anilines is 2. The van der Waals surface area contributed by atoms with Crippen LogP contribution in [0.2, 0.25) is 0 Å². The largest absolute Gasteiger partial charge is 0.399 e. The maximum Gasteiger partial charge on any atom is 0.235 e. The van der Waals surface area contributed by atoms with Crippen LogP contribution in [0.4, 0.5) is 11.4 Å². The van der Waals surface area contributed by atoms with Crippen LogP contribution in [-0.4, -0.2) is 5.91 Å². The molecule has 3 N–H and O–H groups in total. The second-order valence-corrected chi connectivity index (χ2v) is 5.96. The normalized spacial score (nSPS) is 15.5. The highest BCUT2D eigenvalue weighted by atomic mass is 16.2. The Labute approximate surface area is 125 Å². The van der Waals surface area contributed by atoms with Crippen molar-refractivity contribution in [1.29, 1.82) is 0 Å². The van der Waals surface area contributed by atoms with Crippen molar-refractivity contribution in [2.24, 2.45) is 0 Å². The topological polar surface area (TPSA) is 55.1 Å². The highest BCUT2D eigenvalue weighted by Gasteiger charge is 2.51. The lowest BCUT2D eigenvalue weighted by molar-refractivity contribution is -0.118. The molecule has 2 aromatic rings. The lowest BCUT2D eigenvalue weighted by atomic mass is 9.94. The first kappa shape index (κ1) is 13.7. The number of carbonyl (C=O) groups is 1. The van der Waals surface area contributed by atoms with Gasteiger partial charge in [0.1, 0.15) is 0 Å². The third kappa shape index (κ3) is 2.51. The summed E-state index contributed by atoms with van der Waals surface area (Å²) in [5.74, 6) is 0.0792. The molecule has 0 unspecified atom stereocenters. The van der Waals surface area contributed by atoms with Crippen molar-refractivity contribution in [2.45, 2.75) is 32.1 Å². The standard InChI is InChI=1S/C18H20N2O/c1-12-3-8-16(11-13(12)2)20-17(21)18(9-10-18)14-4-6-15(19)7-5-14/h3-8,11H,9-10,19H2,1-2H3,(H,20,21). The van der Waals surface area contributed by atoms with Gasteiger partial charge in [0, 0.05) is 11.4 Å². The molecular weight excluding hydrogens is 260 g/mol. The molecule has 1 saturated carbocycles. The summed E-state index contributed by atoms with van der Waals surface area (Å²) in [6.07, 6.45) is 1.79. The van der Waals surface area contributed by atoms with Gasteiger partial charge in [0.15, 0.2) is 0 Å². The first-order chi connectivity index (χ1) is 10.0. The van der Waals surface area contributed by atoms with E-state index in [2.05, 4.69) is 19.2 Å². The van der Waals surface area contributed by atoms with E-state index >= 15 is 0 Å². The van der Waals surface area contributed by atoms with Crippen LogP contribution in [0.5, 0.6) is 0 Å². The Morgan fingerprint density at radius 1 is 1.05 bits per heavy atom. The van der Waals surface area contributed by atoms with Crippen molar-refractivity contribution in [2.75, 3.05) is 11.1 Å². The minimum atomic E-state index is -0.369. The van der Waals surface area contributed by atoms with Crippen LogP contribution in [0.1, 0.15) is 29.5 Å². The molecule has 0 saturated heterocycles. The van der Waals surface area contributed by atoms with Gasteiger partial charge in [-0.2, -0.15) is 0 Å². The summed E-state index contributed by atoms with van der Waals surface area (Å²) in [6.45, 7) is 4.12. The zero-order chi connectivity index (χ0) is 15.0. The second-order valence-electron chi connectivity index (χ2n) is 5.96. The van der Waals surface area contributed by atoms with Gasteiger partial charge in [0.05, 0.1) is 5.41 Å². The number of nitrogen functional groups attached to an aromatic ring is 1. The average Bonchev–Trinajstić information content (AvgIpc) is 3.25. The van der Waals surface area contributed by atoms with Crippen LogP contribution in [-0.2, 0) is 10.2 Å². The van der Waals surface area contributed by atoms with E-state index in [1.165, 1.54) is 11.1 Å². The van der Waals surface area contributed by atoms with E-state index in [1.807, 2.05) is 42.5 Å². The van der Waals surface area contributed by atoms with Gasteiger partial charge in [-0.3, -0.25) is 4.79 Å². The van der Waals surface area contributed by atoms with E-state index < -0.39 is 0 Å². The third-order valence-corrected chi connectivity index (χ3v) is 4.41. The Morgan fingerprint density at radius 2 is 1.71 bits per heavy atom. The molecule has 3 nitrogen and oxygen atoms in total. The molecule has 1 aliphatic carbocycles. The van der Waals surface area contributed by atoms with E-state index in [1.54, 1.807) is 0 Å². The van der Waals surface area contributed by atoms with Crippen molar-refractivity contribution in [3.05, 3.63) is 59.2 Å². The Morgan fingerprint density at radius 3 is 2.29 bits per heavy atom. The Kier molecular flexibility index (Phi) is 3.20. The maximum absolute atomic E-state index is 12.6. The number of nitrogens with two attached hydrogens (primary N) is 1. The smallest absolute Gasteiger partial charge is 0.235 e. The maximum atomic E-state index is 12.6. The molecular formula is C18H20N2O. The zero-order valence-electron chi connectivity index (χ0n) is 12.4. The van der Waals surface area contributed by atoms with E-state index in [4.69, 9.17) is 5.73 Å². The van der Waals surface area contributed by atoms with E-state index in [-0.39, 0.29) is 11.3 Å². The van der Waals surface area contributed by atoms with Crippen LogP contribution in [0, 0.1) is 13.8 Å². The number of nitrogens with one attached hydrogen (secondary N) is 1. The molecule has 0 spiro atoms. The van der Waals surface area contributed by atoms with Crippen LogP contribution >= 0.6 is 0 Å². The van der Waals surface area contributed by atoms with E-state index in [9.17, 15) is 4.79 Å². The summed E-state index contributed by atoms with van der Waals surface area (Å²) >= 11 is 0. The number of rotatable bonds is 3. The summed E-state index contributed by atoms with van der Waals surface area (Å²) in [7, 11) is 0. The van der Waals surface area contributed by atoms with E-state index in [0.29, 0.717) is 0 Å². The lowest BCUT2D eigenvalue weighted by Gasteiger charge is -2.16. The molecule has 0 bridgehead atoms. The fraction of sp³-hybridized carbons (Fsp3) is 0.278. The van der Waals surface area contributed by atoms with Gasteiger partial charge in [-0.1, -0.05) is 18.2 Å². The SMILES string of the molecule is Cc1ccc(NC(=O)C2(c3ccc(N)cc3)CC2)cc1C. The summed E-state index contributed by atoms with van der Waals surface area (Å²) in [4.78, 5) is 12.6. The number of aryl methyl sites for hydroxylation is 2. The van der Waals surface area contributed by atoms with Gasteiger partial charge in [-0.05, 0) is 67.6 Å². The van der Waals surface area contributed by atoms with Crippen molar-refractivity contribution in [3.8, 4) is 0 Å². The molecule has 21 heavy (non-hydrogen) atoms. The highest BCUT2D eigenvalue weighted by Crippen LogP contribution is 2.49. The second kappa shape index (κ2) is 4.92. The van der Waals surface area contributed by atoms with Crippen LogP contribution in [0.15, 0.2) is 42.5 Å². The molecule has 3 rings (SSSR count). The number of benzene rings is 2. The molecule has 3 heteroatoms. The predicted octanol–water partition coefficient (Wildman–Crippen LogP) is 3.56. The van der Waals surface area contributed by atoms with Crippen molar-refractivity contribution >= 4 is 17.3 Å². The van der Waals surface area contributed by atoms with Gasteiger partial charge in [-0.25, -0.2) is 0 Å². The number of amides is 1.